The number of rotatable bonds is 2. The highest BCUT2D eigenvalue weighted by Crippen LogP contribution is 2.10. The molecule has 86 valence electrons. The second kappa shape index (κ2) is 5.07. The molecule has 0 aliphatic heterocycles. The van der Waals surface area contributed by atoms with Gasteiger partial charge < -0.3 is 4.74 Å². The highest BCUT2D eigenvalue weighted by Gasteiger charge is 2.14. The van der Waals surface area contributed by atoms with Crippen LogP contribution in [0, 0.1) is 0 Å². The van der Waals surface area contributed by atoms with E-state index < -0.39 is 6.09 Å². The number of anilines is 1. The van der Waals surface area contributed by atoms with E-state index in [2.05, 4.69) is 9.97 Å². The van der Waals surface area contributed by atoms with Crippen LogP contribution in [0.3, 0.4) is 0 Å². The molecule has 0 unspecified atom stereocenters. The van der Waals surface area contributed by atoms with Crippen LogP contribution in [0.5, 0.6) is 5.88 Å². The lowest BCUT2D eigenvalue weighted by Crippen LogP contribution is -2.30. The Bertz CT molecular complexity index is 488. The summed E-state index contributed by atoms with van der Waals surface area (Å²) < 4.78 is 5.07. The van der Waals surface area contributed by atoms with Crippen molar-refractivity contribution >= 4 is 11.9 Å². The Labute approximate surface area is 98.7 Å². The lowest BCUT2D eigenvalue weighted by atomic mass is 10.4. The molecule has 0 aliphatic rings. The first kappa shape index (κ1) is 11.1. The summed E-state index contributed by atoms with van der Waals surface area (Å²) in [5, 5.41) is 0. The first-order valence-corrected chi connectivity index (χ1v) is 5.05. The summed E-state index contributed by atoms with van der Waals surface area (Å²) in [4.78, 5) is 21.0. The maximum atomic E-state index is 11.7. The monoisotopic (exact) mass is 229 g/mol. The van der Waals surface area contributed by atoms with E-state index in [1.165, 1.54) is 4.90 Å². The van der Waals surface area contributed by atoms with E-state index in [0.29, 0.717) is 5.82 Å². The van der Waals surface area contributed by atoms with Crippen molar-refractivity contribution < 1.29 is 9.53 Å². The van der Waals surface area contributed by atoms with Gasteiger partial charge in [-0.05, 0) is 18.2 Å². The molecule has 5 nitrogen and oxygen atoms in total. The zero-order chi connectivity index (χ0) is 12.1. The Kier molecular flexibility index (Phi) is 3.30. The van der Waals surface area contributed by atoms with Gasteiger partial charge in [0.25, 0.3) is 0 Å². The van der Waals surface area contributed by atoms with Crippen molar-refractivity contribution in [2.75, 3.05) is 11.9 Å². The van der Waals surface area contributed by atoms with E-state index in [1.807, 2.05) is 0 Å². The van der Waals surface area contributed by atoms with Gasteiger partial charge in [0.2, 0.25) is 5.88 Å². The molecule has 17 heavy (non-hydrogen) atoms. The third-order valence-corrected chi connectivity index (χ3v) is 2.10. The minimum absolute atomic E-state index is 0.264. The van der Waals surface area contributed by atoms with E-state index in [4.69, 9.17) is 4.74 Å². The van der Waals surface area contributed by atoms with Gasteiger partial charge in [-0.3, -0.25) is 4.90 Å². The van der Waals surface area contributed by atoms with Gasteiger partial charge >= 0.3 is 6.09 Å². The third-order valence-electron chi connectivity index (χ3n) is 2.10. The van der Waals surface area contributed by atoms with Crippen molar-refractivity contribution in [1.29, 1.82) is 0 Å². The van der Waals surface area contributed by atoms with Gasteiger partial charge in [0.05, 0.1) is 0 Å². The summed E-state index contributed by atoms with van der Waals surface area (Å²) in [7, 11) is 1.59. The van der Waals surface area contributed by atoms with Gasteiger partial charge in [0, 0.05) is 25.5 Å². The molecule has 2 aromatic heterocycles. The van der Waals surface area contributed by atoms with Gasteiger partial charge in [0.15, 0.2) is 0 Å². The molecule has 2 rings (SSSR count). The van der Waals surface area contributed by atoms with Crippen molar-refractivity contribution in [3.63, 3.8) is 0 Å². The average Bonchev–Trinajstić information content (AvgIpc) is 2.40. The van der Waals surface area contributed by atoms with Gasteiger partial charge in [-0.15, -0.1) is 0 Å². The van der Waals surface area contributed by atoms with Gasteiger partial charge in [-0.2, -0.15) is 0 Å². The summed E-state index contributed by atoms with van der Waals surface area (Å²) >= 11 is 0. The number of carbonyl (C=O) groups is 1. The average molecular weight is 229 g/mol. The molecule has 0 saturated carbocycles. The van der Waals surface area contributed by atoms with E-state index in [1.54, 1.807) is 55.8 Å². The molecular weight excluding hydrogens is 218 g/mol. The van der Waals surface area contributed by atoms with E-state index in [0.717, 1.165) is 0 Å². The largest absolute Gasteiger partial charge is 0.422 e. The Morgan fingerprint density at radius 2 is 1.82 bits per heavy atom. The number of carbonyl (C=O) groups excluding carboxylic acids is 1. The van der Waals surface area contributed by atoms with Crippen molar-refractivity contribution in [1.82, 2.24) is 9.97 Å². The molecule has 2 heterocycles. The predicted molar refractivity (Wildman–Crippen MR) is 62.9 cm³/mol. The van der Waals surface area contributed by atoms with Crippen molar-refractivity contribution in [3.8, 4) is 5.88 Å². The van der Waals surface area contributed by atoms with Crippen LogP contribution in [0.1, 0.15) is 0 Å². The normalized spacial score (nSPS) is 9.71. The molecule has 0 N–H and O–H groups in total. The smallest absolute Gasteiger partial charge is 0.391 e. The highest BCUT2D eigenvalue weighted by atomic mass is 16.6. The number of amides is 1. The second-order valence-corrected chi connectivity index (χ2v) is 3.28. The lowest BCUT2D eigenvalue weighted by Gasteiger charge is -2.14. The first-order valence-electron chi connectivity index (χ1n) is 5.05. The number of ether oxygens (including phenoxy) is 1. The maximum Gasteiger partial charge on any atom is 0.422 e. The lowest BCUT2D eigenvalue weighted by molar-refractivity contribution is 0.207. The zero-order valence-corrected chi connectivity index (χ0v) is 9.28. The summed E-state index contributed by atoms with van der Waals surface area (Å²) in [5.74, 6) is 0.786. The number of pyridine rings is 2. The summed E-state index contributed by atoms with van der Waals surface area (Å²) in [6.45, 7) is 0. The minimum Gasteiger partial charge on any atom is -0.391 e. The van der Waals surface area contributed by atoms with Crippen LogP contribution >= 0.6 is 0 Å². The first-order chi connectivity index (χ1) is 8.27. The molecule has 0 radical (unpaired) electrons. The molecule has 5 heteroatoms. The predicted octanol–water partition coefficient (Wildman–Crippen LogP) is 2.11. The van der Waals surface area contributed by atoms with E-state index in [-0.39, 0.29) is 5.88 Å². The molecular formula is C12H11N3O2. The molecule has 0 atom stereocenters. The standard InChI is InChI=1S/C12H11N3O2/c1-15(10-6-2-4-8-13-10)12(16)17-11-7-3-5-9-14-11/h2-9H,1H3. The molecule has 0 aromatic carbocycles. The Morgan fingerprint density at radius 1 is 1.12 bits per heavy atom. The molecule has 1 amide bonds. The van der Waals surface area contributed by atoms with Crippen molar-refractivity contribution in [3.05, 3.63) is 48.8 Å². The SMILES string of the molecule is CN(C(=O)Oc1ccccn1)c1ccccn1. The van der Waals surface area contributed by atoms with Crippen LogP contribution in [-0.4, -0.2) is 23.1 Å². The maximum absolute atomic E-state index is 11.7. The fraction of sp³-hybridized carbons (Fsp3) is 0.0833. The van der Waals surface area contributed by atoms with Crippen LogP contribution in [0.2, 0.25) is 0 Å². The highest BCUT2D eigenvalue weighted by molar-refractivity contribution is 5.87. The Hall–Kier alpha value is -2.43. The van der Waals surface area contributed by atoms with Crippen LogP contribution in [0.15, 0.2) is 48.8 Å². The van der Waals surface area contributed by atoms with Gasteiger partial charge in [-0.25, -0.2) is 14.8 Å². The molecule has 2 aromatic rings. The minimum atomic E-state index is -0.526. The van der Waals surface area contributed by atoms with Gasteiger partial charge in [-0.1, -0.05) is 12.1 Å². The quantitative estimate of drug-likeness (QED) is 0.791. The molecule has 0 fully saturated rings. The van der Waals surface area contributed by atoms with Gasteiger partial charge in [0.1, 0.15) is 5.82 Å². The number of hydrogen-bond donors (Lipinski definition) is 0. The fourth-order valence-electron chi connectivity index (χ4n) is 1.21. The molecule has 0 saturated heterocycles. The van der Waals surface area contributed by atoms with E-state index in [9.17, 15) is 4.79 Å². The number of aromatic nitrogens is 2. The second-order valence-electron chi connectivity index (χ2n) is 3.28. The molecule has 0 spiro atoms. The fourth-order valence-corrected chi connectivity index (χ4v) is 1.21. The van der Waals surface area contributed by atoms with Crippen LogP contribution in [-0.2, 0) is 0 Å². The van der Waals surface area contributed by atoms with Crippen molar-refractivity contribution in [2.24, 2.45) is 0 Å². The summed E-state index contributed by atoms with van der Waals surface area (Å²) in [6.07, 6.45) is 2.64. The summed E-state index contributed by atoms with van der Waals surface area (Å²) in [6, 6.07) is 10.4. The van der Waals surface area contributed by atoms with Crippen molar-refractivity contribution in [2.45, 2.75) is 0 Å². The van der Waals surface area contributed by atoms with Crippen LogP contribution in [0.25, 0.3) is 0 Å². The Balaban J connectivity index is 2.06. The molecule has 0 aliphatic carbocycles. The molecule has 0 bridgehead atoms. The van der Waals surface area contributed by atoms with E-state index >= 15 is 0 Å². The van der Waals surface area contributed by atoms with Crippen LogP contribution in [0.4, 0.5) is 10.6 Å². The summed E-state index contributed by atoms with van der Waals surface area (Å²) in [5.41, 5.74) is 0. The Morgan fingerprint density at radius 3 is 2.41 bits per heavy atom. The topological polar surface area (TPSA) is 55.3 Å². The third kappa shape index (κ3) is 2.78. The number of nitrogens with zero attached hydrogens (tertiary/aromatic N) is 3. The number of hydrogen-bond acceptors (Lipinski definition) is 4. The van der Waals surface area contributed by atoms with Crippen LogP contribution < -0.4 is 9.64 Å². The zero-order valence-electron chi connectivity index (χ0n) is 9.28.